The first-order valence-corrected chi connectivity index (χ1v) is 5.61. The third-order valence-electron chi connectivity index (χ3n) is 3.20. The van der Waals surface area contributed by atoms with Gasteiger partial charge in [0, 0.05) is 12.1 Å². The van der Waals surface area contributed by atoms with Crippen molar-refractivity contribution in [2.75, 3.05) is 18.4 Å². The zero-order chi connectivity index (χ0) is 11.5. The number of anilines is 1. The number of carbonyl (C=O) groups is 1. The Morgan fingerprint density at radius 3 is 2.94 bits per heavy atom. The standard InChI is InChI=1S/C12H17N3O/c1-8(10-6-13-7-10)12(16)15-11-4-3-5-14-9(11)2/h3-5,8,10,13H,6-7H2,1-2H3,(H,15,16). The number of amides is 1. The maximum atomic E-state index is 11.9. The second-order valence-electron chi connectivity index (χ2n) is 4.33. The molecule has 2 N–H and O–H groups in total. The van der Waals surface area contributed by atoms with Crippen LogP contribution in [0.2, 0.25) is 0 Å². The highest BCUT2D eigenvalue weighted by Crippen LogP contribution is 2.19. The van der Waals surface area contributed by atoms with E-state index < -0.39 is 0 Å². The van der Waals surface area contributed by atoms with Gasteiger partial charge in [-0.1, -0.05) is 6.92 Å². The molecule has 1 amide bonds. The zero-order valence-electron chi connectivity index (χ0n) is 9.66. The molecule has 86 valence electrons. The van der Waals surface area contributed by atoms with Crippen LogP contribution in [0.5, 0.6) is 0 Å². The molecule has 0 saturated carbocycles. The molecule has 0 aliphatic carbocycles. The highest BCUT2D eigenvalue weighted by molar-refractivity contribution is 5.93. The Balaban J connectivity index is 1.99. The average molecular weight is 219 g/mol. The molecule has 1 aromatic rings. The highest BCUT2D eigenvalue weighted by Gasteiger charge is 2.28. The van der Waals surface area contributed by atoms with Gasteiger partial charge < -0.3 is 10.6 Å². The lowest BCUT2D eigenvalue weighted by Crippen LogP contribution is -2.48. The number of rotatable bonds is 3. The lowest BCUT2D eigenvalue weighted by atomic mass is 9.88. The van der Waals surface area contributed by atoms with Crippen molar-refractivity contribution < 1.29 is 4.79 Å². The summed E-state index contributed by atoms with van der Waals surface area (Å²) in [6.45, 7) is 5.76. The highest BCUT2D eigenvalue weighted by atomic mass is 16.1. The van der Waals surface area contributed by atoms with E-state index in [1.165, 1.54) is 0 Å². The van der Waals surface area contributed by atoms with Gasteiger partial charge in [0.2, 0.25) is 5.91 Å². The lowest BCUT2D eigenvalue weighted by molar-refractivity contribution is -0.121. The van der Waals surface area contributed by atoms with E-state index in [1.54, 1.807) is 6.20 Å². The van der Waals surface area contributed by atoms with E-state index in [9.17, 15) is 4.79 Å². The van der Waals surface area contributed by atoms with Gasteiger partial charge in [-0.25, -0.2) is 0 Å². The third-order valence-corrected chi connectivity index (χ3v) is 3.20. The molecule has 1 aliphatic heterocycles. The van der Waals surface area contributed by atoms with Gasteiger partial charge in [0.15, 0.2) is 0 Å². The van der Waals surface area contributed by atoms with Gasteiger partial charge in [0.05, 0.1) is 11.4 Å². The number of hydrogen-bond donors (Lipinski definition) is 2. The van der Waals surface area contributed by atoms with Gasteiger partial charge in [0.1, 0.15) is 0 Å². The first kappa shape index (κ1) is 11.1. The second kappa shape index (κ2) is 4.61. The van der Waals surface area contributed by atoms with Gasteiger partial charge in [-0.15, -0.1) is 0 Å². The Hall–Kier alpha value is -1.42. The van der Waals surface area contributed by atoms with Crippen LogP contribution < -0.4 is 10.6 Å². The molecule has 1 aliphatic rings. The second-order valence-corrected chi connectivity index (χ2v) is 4.33. The summed E-state index contributed by atoms with van der Waals surface area (Å²) in [5.41, 5.74) is 1.67. The molecular formula is C12H17N3O. The largest absolute Gasteiger partial charge is 0.324 e. The van der Waals surface area contributed by atoms with Gasteiger partial charge in [-0.2, -0.15) is 0 Å². The van der Waals surface area contributed by atoms with Gasteiger partial charge >= 0.3 is 0 Å². The molecule has 1 unspecified atom stereocenters. The van der Waals surface area contributed by atoms with E-state index >= 15 is 0 Å². The summed E-state index contributed by atoms with van der Waals surface area (Å²) in [7, 11) is 0. The maximum absolute atomic E-state index is 11.9. The van der Waals surface area contributed by atoms with E-state index in [2.05, 4.69) is 15.6 Å². The van der Waals surface area contributed by atoms with Crippen molar-refractivity contribution in [3.8, 4) is 0 Å². The Kier molecular flexibility index (Phi) is 3.19. The molecule has 1 aromatic heterocycles. The summed E-state index contributed by atoms with van der Waals surface area (Å²) in [5.74, 6) is 0.612. The Labute approximate surface area is 95.5 Å². The first-order valence-electron chi connectivity index (χ1n) is 5.61. The fraction of sp³-hybridized carbons (Fsp3) is 0.500. The Morgan fingerprint density at radius 1 is 1.62 bits per heavy atom. The minimum atomic E-state index is 0.0563. The molecule has 2 heterocycles. The topological polar surface area (TPSA) is 54.0 Å². The van der Waals surface area contributed by atoms with Crippen molar-refractivity contribution in [1.29, 1.82) is 0 Å². The quantitative estimate of drug-likeness (QED) is 0.802. The van der Waals surface area contributed by atoms with Crippen LogP contribution in [-0.4, -0.2) is 24.0 Å². The summed E-state index contributed by atoms with van der Waals surface area (Å²) >= 11 is 0. The number of aromatic nitrogens is 1. The van der Waals surface area contributed by atoms with Crippen molar-refractivity contribution in [2.24, 2.45) is 11.8 Å². The van der Waals surface area contributed by atoms with Gasteiger partial charge in [-0.3, -0.25) is 9.78 Å². The number of hydrogen-bond acceptors (Lipinski definition) is 3. The molecule has 2 rings (SSSR count). The van der Waals surface area contributed by atoms with Crippen LogP contribution in [0.15, 0.2) is 18.3 Å². The normalized spacial score (nSPS) is 17.6. The summed E-state index contributed by atoms with van der Waals surface area (Å²) in [4.78, 5) is 16.1. The lowest BCUT2D eigenvalue weighted by Gasteiger charge is -2.31. The van der Waals surface area contributed by atoms with Crippen molar-refractivity contribution in [1.82, 2.24) is 10.3 Å². The molecule has 1 saturated heterocycles. The van der Waals surface area contributed by atoms with Crippen LogP contribution in [0.4, 0.5) is 5.69 Å². The van der Waals surface area contributed by atoms with Crippen LogP contribution in [0.3, 0.4) is 0 Å². The number of pyridine rings is 1. The van der Waals surface area contributed by atoms with E-state index in [1.807, 2.05) is 26.0 Å². The molecule has 16 heavy (non-hydrogen) atoms. The molecule has 0 radical (unpaired) electrons. The summed E-state index contributed by atoms with van der Waals surface area (Å²) < 4.78 is 0. The fourth-order valence-electron chi connectivity index (χ4n) is 1.74. The van der Waals surface area contributed by atoms with Gasteiger partial charge in [0.25, 0.3) is 0 Å². The zero-order valence-corrected chi connectivity index (χ0v) is 9.66. The SMILES string of the molecule is Cc1ncccc1NC(=O)C(C)C1CNC1. The van der Waals surface area contributed by atoms with Crippen LogP contribution >= 0.6 is 0 Å². The van der Waals surface area contributed by atoms with Crippen molar-refractivity contribution >= 4 is 11.6 Å². The molecular weight excluding hydrogens is 202 g/mol. The number of carbonyl (C=O) groups excluding carboxylic acids is 1. The third kappa shape index (κ3) is 2.22. The number of aryl methyl sites for hydroxylation is 1. The van der Waals surface area contributed by atoms with Crippen LogP contribution in [0, 0.1) is 18.8 Å². The molecule has 4 heteroatoms. The van der Waals surface area contributed by atoms with Crippen LogP contribution in [-0.2, 0) is 4.79 Å². The monoisotopic (exact) mass is 219 g/mol. The predicted octanol–water partition coefficient (Wildman–Crippen LogP) is 1.18. The van der Waals surface area contributed by atoms with Crippen molar-refractivity contribution in [2.45, 2.75) is 13.8 Å². The molecule has 0 bridgehead atoms. The molecule has 0 spiro atoms. The Morgan fingerprint density at radius 2 is 2.38 bits per heavy atom. The molecule has 1 fully saturated rings. The van der Waals surface area contributed by atoms with E-state index in [0.29, 0.717) is 5.92 Å². The fourth-order valence-corrected chi connectivity index (χ4v) is 1.74. The Bertz CT molecular complexity index is 388. The average Bonchev–Trinajstić information content (AvgIpc) is 2.18. The molecule has 0 aromatic carbocycles. The van der Waals surface area contributed by atoms with E-state index in [0.717, 1.165) is 24.5 Å². The number of nitrogens with one attached hydrogen (secondary N) is 2. The van der Waals surface area contributed by atoms with Crippen molar-refractivity contribution in [3.05, 3.63) is 24.0 Å². The molecule has 4 nitrogen and oxygen atoms in total. The van der Waals surface area contributed by atoms with Crippen LogP contribution in [0.25, 0.3) is 0 Å². The minimum absolute atomic E-state index is 0.0563. The van der Waals surface area contributed by atoms with E-state index in [4.69, 9.17) is 0 Å². The predicted molar refractivity (Wildman–Crippen MR) is 63.1 cm³/mol. The minimum Gasteiger partial charge on any atom is -0.324 e. The van der Waals surface area contributed by atoms with Crippen molar-refractivity contribution in [3.63, 3.8) is 0 Å². The summed E-state index contributed by atoms with van der Waals surface area (Å²) in [6.07, 6.45) is 1.73. The van der Waals surface area contributed by atoms with Gasteiger partial charge in [-0.05, 0) is 38.1 Å². The summed E-state index contributed by atoms with van der Waals surface area (Å²) in [5, 5.41) is 6.11. The molecule has 1 atom stereocenters. The number of nitrogens with zero attached hydrogens (tertiary/aromatic N) is 1. The smallest absolute Gasteiger partial charge is 0.227 e. The van der Waals surface area contributed by atoms with Crippen LogP contribution in [0.1, 0.15) is 12.6 Å². The van der Waals surface area contributed by atoms with E-state index in [-0.39, 0.29) is 11.8 Å². The maximum Gasteiger partial charge on any atom is 0.227 e. The first-order chi connectivity index (χ1) is 7.68. The summed E-state index contributed by atoms with van der Waals surface area (Å²) in [6, 6.07) is 3.71.